The lowest BCUT2D eigenvalue weighted by atomic mass is 10.2. The summed E-state index contributed by atoms with van der Waals surface area (Å²) >= 11 is 0. The van der Waals surface area contributed by atoms with E-state index in [2.05, 4.69) is 10.3 Å². The zero-order valence-electron chi connectivity index (χ0n) is 14.1. The lowest BCUT2D eigenvalue weighted by molar-refractivity contribution is 0.0946. The van der Waals surface area contributed by atoms with Crippen LogP contribution in [-0.4, -0.2) is 44.5 Å². The molecule has 10 heteroatoms. The number of hydrogen-bond donors (Lipinski definition) is 1. The normalized spacial score (nSPS) is 18.9. The molecular weight excluding hydrogens is 395 g/mol. The zero-order valence-corrected chi connectivity index (χ0v) is 15.8. The van der Waals surface area contributed by atoms with Crippen molar-refractivity contribution in [3.63, 3.8) is 0 Å². The van der Waals surface area contributed by atoms with Crippen LogP contribution in [0.4, 0.5) is 4.39 Å². The van der Waals surface area contributed by atoms with Gasteiger partial charge in [-0.1, -0.05) is 6.07 Å². The fourth-order valence-corrected chi connectivity index (χ4v) is 7.22. The monoisotopic (exact) mass is 412 g/mol. The number of benzene rings is 1. The first-order valence-electron chi connectivity index (χ1n) is 8.10. The Morgan fingerprint density at radius 3 is 2.70 bits per heavy atom. The van der Waals surface area contributed by atoms with E-state index in [1.54, 1.807) is 18.3 Å². The van der Waals surface area contributed by atoms with E-state index >= 15 is 0 Å². The van der Waals surface area contributed by atoms with E-state index in [4.69, 9.17) is 0 Å². The summed E-state index contributed by atoms with van der Waals surface area (Å²) in [5.74, 6) is -2.30. The molecule has 1 N–H and O–H groups in total. The molecule has 1 fully saturated rings. The summed E-state index contributed by atoms with van der Waals surface area (Å²) in [5, 5.41) is 1.42. The minimum absolute atomic E-state index is 0.00935. The van der Waals surface area contributed by atoms with Crippen molar-refractivity contribution in [2.24, 2.45) is 0 Å². The second-order valence-corrected chi connectivity index (χ2v) is 10.7. The summed E-state index contributed by atoms with van der Waals surface area (Å²) < 4.78 is 62.5. The standard InChI is InChI=1S/C17H17FN2O5S2/c18-16-4-3-13(27(24,25)14-5-7-26(22,23)11-14)8-15(16)17(21)20-10-12-2-1-6-19-9-12/h1-4,6,8-9,14H,5,7,10-11H2,(H,20,21)/t14-/m0/s1. The number of amides is 1. The molecule has 0 spiro atoms. The maximum atomic E-state index is 14.1. The van der Waals surface area contributed by atoms with Crippen LogP contribution < -0.4 is 5.32 Å². The summed E-state index contributed by atoms with van der Waals surface area (Å²) in [6.07, 6.45) is 3.10. The predicted octanol–water partition coefficient (Wildman–Crippen LogP) is 1.11. The quantitative estimate of drug-likeness (QED) is 0.737. The van der Waals surface area contributed by atoms with Crippen molar-refractivity contribution in [2.45, 2.75) is 23.1 Å². The van der Waals surface area contributed by atoms with Gasteiger partial charge in [-0.05, 0) is 36.2 Å². The highest BCUT2D eigenvalue weighted by Crippen LogP contribution is 2.26. The molecule has 27 heavy (non-hydrogen) atoms. The van der Waals surface area contributed by atoms with Crippen LogP contribution in [0.3, 0.4) is 0 Å². The van der Waals surface area contributed by atoms with Crippen molar-refractivity contribution in [3.8, 4) is 0 Å². The Balaban J connectivity index is 1.82. The summed E-state index contributed by atoms with van der Waals surface area (Å²) in [6, 6.07) is 6.31. The van der Waals surface area contributed by atoms with Gasteiger partial charge in [0.1, 0.15) is 5.82 Å². The lowest BCUT2D eigenvalue weighted by Gasteiger charge is -2.12. The van der Waals surface area contributed by atoms with E-state index in [1.165, 1.54) is 6.20 Å². The number of rotatable bonds is 5. The molecule has 7 nitrogen and oxygen atoms in total. The highest BCUT2D eigenvalue weighted by molar-refractivity contribution is 7.96. The first-order chi connectivity index (χ1) is 12.7. The Labute approximate surface area is 156 Å². The van der Waals surface area contributed by atoms with Gasteiger partial charge in [0.15, 0.2) is 19.7 Å². The molecule has 0 bridgehead atoms. The Kier molecular flexibility index (Phi) is 5.29. The van der Waals surface area contributed by atoms with E-state index in [0.717, 1.165) is 18.2 Å². The maximum absolute atomic E-state index is 14.1. The van der Waals surface area contributed by atoms with Gasteiger partial charge in [0.25, 0.3) is 5.91 Å². The van der Waals surface area contributed by atoms with E-state index in [0.29, 0.717) is 5.56 Å². The molecule has 1 aromatic carbocycles. The van der Waals surface area contributed by atoms with Crippen LogP contribution in [0.25, 0.3) is 0 Å². The molecule has 2 heterocycles. The van der Waals surface area contributed by atoms with Crippen molar-refractivity contribution < 1.29 is 26.0 Å². The SMILES string of the molecule is O=C(NCc1cccnc1)c1cc(S(=O)(=O)[C@H]2CCS(=O)(=O)C2)ccc1F. The molecule has 1 atom stereocenters. The average Bonchev–Trinajstić information content (AvgIpc) is 3.01. The fraction of sp³-hybridized carbons (Fsp3) is 0.294. The van der Waals surface area contributed by atoms with Gasteiger partial charge in [-0.15, -0.1) is 0 Å². The van der Waals surface area contributed by atoms with Crippen LogP contribution in [0, 0.1) is 5.82 Å². The predicted molar refractivity (Wildman–Crippen MR) is 96.1 cm³/mol. The van der Waals surface area contributed by atoms with Gasteiger partial charge in [0.05, 0.1) is 27.2 Å². The third kappa shape index (κ3) is 4.33. The molecule has 144 valence electrons. The van der Waals surface area contributed by atoms with Crippen LogP contribution in [0.1, 0.15) is 22.3 Å². The minimum Gasteiger partial charge on any atom is -0.348 e. The number of carbonyl (C=O) groups is 1. The summed E-state index contributed by atoms with van der Waals surface area (Å²) in [7, 11) is -7.38. The molecule has 1 aromatic heterocycles. The number of carbonyl (C=O) groups excluding carboxylic acids is 1. The van der Waals surface area contributed by atoms with E-state index in [1.807, 2.05) is 0 Å². The molecule has 3 rings (SSSR count). The van der Waals surface area contributed by atoms with Gasteiger partial charge in [-0.25, -0.2) is 21.2 Å². The van der Waals surface area contributed by atoms with E-state index < -0.39 is 48.0 Å². The maximum Gasteiger partial charge on any atom is 0.254 e. The number of halogens is 1. The highest BCUT2D eigenvalue weighted by Gasteiger charge is 2.38. The third-order valence-electron chi connectivity index (χ3n) is 4.32. The van der Waals surface area contributed by atoms with Crippen molar-refractivity contribution >= 4 is 25.6 Å². The van der Waals surface area contributed by atoms with E-state index in [9.17, 15) is 26.0 Å². The van der Waals surface area contributed by atoms with Gasteiger partial charge in [0, 0.05) is 18.9 Å². The number of hydrogen-bond acceptors (Lipinski definition) is 6. The number of nitrogens with zero attached hydrogens (tertiary/aromatic N) is 1. The zero-order chi connectivity index (χ0) is 19.7. The number of pyridine rings is 1. The molecule has 1 aliphatic heterocycles. The summed E-state index contributed by atoms with van der Waals surface area (Å²) in [5.41, 5.74) is 0.284. The fourth-order valence-electron chi connectivity index (χ4n) is 2.83. The smallest absolute Gasteiger partial charge is 0.254 e. The largest absolute Gasteiger partial charge is 0.348 e. The van der Waals surface area contributed by atoms with Crippen LogP contribution in [0.15, 0.2) is 47.6 Å². The highest BCUT2D eigenvalue weighted by atomic mass is 32.2. The number of sulfone groups is 2. The van der Waals surface area contributed by atoms with Gasteiger partial charge in [-0.2, -0.15) is 0 Å². The van der Waals surface area contributed by atoms with Crippen LogP contribution in [0.2, 0.25) is 0 Å². The molecule has 1 aliphatic rings. The van der Waals surface area contributed by atoms with E-state index in [-0.39, 0.29) is 23.6 Å². The average molecular weight is 412 g/mol. The first kappa shape index (κ1) is 19.4. The van der Waals surface area contributed by atoms with Crippen LogP contribution in [0.5, 0.6) is 0 Å². The molecule has 0 unspecified atom stereocenters. The van der Waals surface area contributed by atoms with Gasteiger partial charge < -0.3 is 5.32 Å². The second-order valence-electron chi connectivity index (χ2n) is 6.26. The topological polar surface area (TPSA) is 110 Å². The van der Waals surface area contributed by atoms with Gasteiger partial charge in [-0.3, -0.25) is 9.78 Å². The Hall–Kier alpha value is -2.33. The molecule has 1 saturated heterocycles. The number of aromatic nitrogens is 1. The van der Waals surface area contributed by atoms with Crippen molar-refractivity contribution in [1.29, 1.82) is 0 Å². The summed E-state index contributed by atoms with van der Waals surface area (Å²) in [6.45, 7) is 0.101. The van der Waals surface area contributed by atoms with Crippen molar-refractivity contribution in [2.75, 3.05) is 11.5 Å². The number of nitrogens with one attached hydrogen (secondary N) is 1. The molecule has 0 aliphatic carbocycles. The van der Waals surface area contributed by atoms with Gasteiger partial charge in [0.2, 0.25) is 0 Å². The Morgan fingerprint density at radius 2 is 2.07 bits per heavy atom. The Morgan fingerprint density at radius 1 is 1.30 bits per heavy atom. The first-order valence-corrected chi connectivity index (χ1v) is 11.5. The lowest BCUT2D eigenvalue weighted by Crippen LogP contribution is -2.26. The van der Waals surface area contributed by atoms with Crippen molar-refractivity contribution in [1.82, 2.24) is 10.3 Å². The van der Waals surface area contributed by atoms with Crippen LogP contribution in [-0.2, 0) is 26.2 Å². The van der Waals surface area contributed by atoms with Crippen LogP contribution >= 0.6 is 0 Å². The Bertz CT molecular complexity index is 1070. The molecular formula is C17H17FN2O5S2. The molecule has 2 aromatic rings. The van der Waals surface area contributed by atoms with Crippen molar-refractivity contribution in [3.05, 3.63) is 59.7 Å². The van der Waals surface area contributed by atoms with Gasteiger partial charge >= 0.3 is 0 Å². The summed E-state index contributed by atoms with van der Waals surface area (Å²) in [4.78, 5) is 15.9. The second kappa shape index (κ2) is 7.35. The molecule has 0 radical (unpaired) electrons. The minimum atomic E-state index is -3.99. The third-order valence-corrected chi connectivity index (χ3v) is 8.49. The molecule has 0 saturated carbocycles. The molecule has 1 amide bonds.